The van der Waals surface area contributed by atoms with Crippen molar-refractivity contribution >= 4 is 0 Å². The SMILES string of the molecule is Cc1cnn(C(CCN)C23CC4CC(CC(C4)C2)C3)c1. The highest BCUT2D eigenvalue weighted by Crippen LogP contribution is 2.64. The number of aromatic nitrogens is 2. The Morgan fingerprint density at radius 1 is 1.25 bits per heavy atom. The summed E-state index contributed by atoms with van der Waals surface area (Å²) in [5.74, 6) is 2.99. The number of hydrogen-bond acceptors (Lipinski definition) is 2. The van der Waals surface area contributed by atoms with Crippen LogP contribution in [0.4, 0.5) is 0 Å². The Morgan fingerprint density at radius 3 is 2.30 bits per heavy atom. The number of hydrogen-bond donors (Lipinski definition) is 1. The lowest BCUT2D eigenvalue weighted by molar-refractivity contribution is -0.0863. The predicted molar refractivity (Wildman–Crippen MR) is 80.3 cm³/mol. The third-order valence-electron chi connectivity index (χ3n) is 6.28. The van der Waals surface area contributed by atoms with Gasteiger partial charge in [0.1, 0.15) is 0 Å². The molecule has 4 saturated carbocycles. The molecule has 1 aromatic rings. The maximum absolute atomic E-state index is 5.95. The van der Waals surface area contributed by atoms with Crippen molar-refractivity contribution in [2.45, 2.75) is 57.9 Å². The molecule has 0 radical (unpaired) electrons. The van der Waals surface area contributed by atoms with E-state index in [1.54, 1.807) is 0 Å². The molecule has 2 N–H and O–H groups in total. The van der Waals surface area contributed by atoms with Crippen molar-refractivity contribution in [1.29, 1.82) is 0 Å². The Hall–Kier alpha value is -0.830. The van der Waals surface area contributed by atoms with E-state index in [1.807, 2.05) is 6.20 Å². The summed E-state index contributed by atoms with van der Waals surface area (Å²) in [6.45, 7) is 2.92. The van der Waals surface area contributed by atoms with Crippen molar-refractivity contribution in [3.8, 4) is 0 Å². The number of rotatable bonds is 4. The van der Waals surface area contributed by atoms with Gasteiger partial charge in [-0.1, -0.05) is 0 Å². The van der Waals surface area contributed by atoms with Gasteiger partial charge in [-0.25, -0.2) is 0 Å². The second kappa shape index (κ2) is 4.59. The molecule has 4 aliphatic rings. The topological polar surface area (TPSA) is 43.8 Å². The molecule has 0 spiro atoms. The maximum atomic E-state index is 5.95. The van der Waals surface area contributed by atoms with Crippen LogP contribution in [-0.2, 0) is 0 Å². The minimum Gasteiger partial charge on any atom is -0.330 e. The third kappa shape index (κ3) is 1.93. The standard InChI is InChI=1S/C17H27N3/c1-12-10-19-20(11-12)16(2-3-18)17-7-13-4-14(8-17)6-15(5-13)9-17/h10-11,13-16H,2-9,18H2,1H3. The van der Waals surface area contributed by atoms with Gasteiger partial charge in [0.2, 0.25) is 0 Å². The zero-order chi connectivity index (χ0) is 13.7. The number of nitrogens with two attached hydrogens (primary N) is 1. The zero-order valence-electron chi connectivity index (χ0n) is 12.6. The van der Waals surface area contributed by atoms with E-state index in [-0.39, 0.29) is 0 Å². The van der Waals surface area contributed by atoms with E-state index in [0.29, 0.717) is 11.5 Å². The van der Waals surface area contributed by atoms with Crippen molar-refractivity contribution in [3.63, 3.8) is 0 Å². The maximum Gasteiger partial charge on any atom is 0.0587 e. The lowest BCUT2D eigenvalue weighted by Crippen LogP contribution is -2.50. The van der Waals surface area contributed by atoms with Crippen LogP contribution in [0.15, 0.2) is 12.4 Å². The molecule has 1 atom stereocenters. The van der Waals surface area contributed by atoms with Crippen molar-refractivity contribution in [1.82, 2.24) is 9.78 Å². The molecule has 4 fully saturated rings. The van der Waals surface area contributed by atoms with E-state index in [0.717, 1.165) is 30.7 Å². The van der Waals surface area contributed by atoms with Crippen LogP contribution < -0.4 is 5.73 Å². The van der Waals surface area contributed by atoms with Crippen molar-refractivity contribution < 1.29 is 0 Å². The first-order valence-corrected chi connectivity index (χ1v) is 8.39. The van der Waals surface area contributed by atoms with Gasteiger partial charge in [0, 0.05) is 6.20 Å². The minimum absolute atomic E-state index is 0.507. The Labute approximate surface area is 121 Å². The fourth-order valence-electron chi connectivity index (χ4n) is 6.07. The second-order valence-corrected chi connectivity index (χ2v) is 7.87. The Kier molecular flexibility index (Phi) is 2.95. The largest absolute Gasteiger partial charge is 0.330 e. The normalized spacial score (nSPS) is 40.2. The number of nitrogens with zero attached hydrogens (tertiary/aromatic N) is 2. The molecular formula is C17H27N3. The van der Waals surface area contributed by atoms with Crippen molar-refractivity contribution in [2.24, 2.45) is 28.9 Å². The van der Waals surface area contributed by atoms with Crippen LogP contribution in [0, 0.1) is 30.1 Å². The quantitative estimate of drug-likeness (QED) is 0.914. The molecule has 3 heteroatoms. The van der Waals surface area contributed by atoms with Crippen LogP contribution in [0.25, 0.3) is 0 Å². The molecule has 110 valence electrons. The van der Waals surface area contributed by atoms with Gasteiger partial charge in [-0.2, -0.15) is 5.10 Å². The fraction of sp³-hybridized carbons (Fsp3) is 0.824. The lowest BCUT2D eigenvalue weighted by atomic mass is 9.47. The highest BCUT2D eigenvalue weighted by atomic mass is 15.3. The summed E-state index contributed by atoms with van der Waals surface area (Å²) in [6.07, 6.45) is 14.1. The molecule has 5 rings (SSSR count). The summed E-state index contributed by atoms with van der Waals surface area (Å²) in [7, 11) is 0. The van der Waals surface area contributed by atoms with Crippen LogP contribution in [-0.4, -0.2) is 16.3 Å². The predicted octanol–water partition coefficient (Wildman–Crippen LogP) is 3.30. The molecule has 0 saturated heterocycles. The van der Waals surface area contributed by atoms with E-state index < -0.39 is 0 Å². The minimum atomic E-state index is 0.507. The molecular weight excluding hydrogens is 246 g/mol. The Morgan fingerprint density at radius 2 is 1.85 bits per heavy atom. The van der Waals surface area contributed by atoms with E-state index in [2.05, 4.69) is 22.9 Å². The lowest BCUT2D eigenvalue weighted by Gasteiger charge is -2.59. The van der Waals surface area contributed by atoms with Crippen LogP contribution >= 0.6 is 0 Å². The van der Waals surface area contributed by atoms with Crippen LogP contribution in [0.5, 0.6) is 0 Å². The summed E-state index contributed by atoms with van der Waals surface area (Å²) < 4.78 is 2.26. The van der Waals surface area contributed by atoms with Crippen LogP contribution in [0.2, 0.25) is 0 Å². The summed E-state index contributed by atoms with van der Waals surface area (Å²) in [4.78, 5) is 0. The molecule has 1 unspecified atom stereocenters. The van der Waals surface area contributed by atoms with Gasteiger partial charge in [-0.15, -0.1) is 0 Å². The average molecular weight is 273 g/mol. The van der Waals surface area contributed by atoms with Crippen LogP contribution in [0.3, 0.4) is 0 Å². The van der Waals surface area contributed by atoms with Gasteiger partial charge in [0.15, 0.2) is 0 Å². The molecule has 1 heterocycles. The van der Waals surface area contributed by atoms with Gasteiger partial charge < -0.3 is 5.73 Å². The van der Waals surface area contributed by atoms with Crippen molar-refractivity contribution in [2.75, 3.05) is 6.54 Å². The van der Waals surface area contributed by atoms with E-state index in [1.165, 1.54) is 44.1 Å². The summed E-state index contributed by atoms with van der Waals surface area (Å²) in [5.41, 5.74) is 7.73. The average Bonchev–Trinajstić information content (AvgIpc) is 2.80. The first-order valence-electron chi connectivity index (χ1n) is 8.39. The van der Waals surface area contributed by atoms with Gasteiger partial charge in [-0.3, -0.25) is 4.68 Å². The molecule has 1 aromatic heterocycles. The Balaban J connectivity index is 1.68. The zero-order valence-corrected chi connectivity index (χ0v) is 12.6. The van der Waals surface area contributed by atoms with Crippen LogP contribution in [0.1, 0.15) is 56.6 Å². The van der Waals surface area contributed by atoms with E-state index in [4.69, 9.17) is 5.73 Å². The van der Waals surface area contributed by atoms with Gasteiger partial charge in [0.25, 0.3) is 0 Å². The molecule has 0 aliphatic heterocycles. The summed E-state index contributed by atoms with van der Waals surface area (Å²) >= 11 is 0. The molecule has 0 amide bonds. The summed E-state index contributed by atoms with van der Waals surface area (Å²) in [5, 5.41) is 4.65. The monoisotopic (exact) mass is 273 g/mol. The molecule has 0 aromatic carbocycles. The Bertz CT molecular complexity index is 455. The second-order valence-electron chi connectivity index (χ2n) is 7.87. The molecule has 4 bridgehead atoms. The fourth-order valence-corrected chi connectivity index (χ4v) is 6.07. The number of aryl methyl sites for hydroxylation is 1. The van der Waals surface area contributed by atoms with Gasteiger partial charge >= 0.3 is 0 Å². The molecule has 3 nitrogen and oxygen atoms in total. The van der Waals surface area contributed by atoms with E-state index in [9.17, 15) is 0 Å². The van der Waals surface area contributed by atoms with Gasteiger partial charge in [-0.05, 0) is 87.1 Å². The molecule has 4 aliphatic carbocycles. The van der Waals surface area contributed by atoms with E-state index >= 15 is 0 Å². The van der Waals surface area contributed by atoms with Gasteiger partial charge in [0.05, 0.1) is 12.2 Å². The first-order chi connectivity index (χ1) is 9.68. The third-order valence-corrected chi connectivity index (χ3v) is 6.28. The van der Waals surface area contributed by atoms with Crippen molar-refractivity contribution in [3.05, 3.63) is 18.0 Å². The highest BCUT2D eigenvalue weighted by Gasteiger charge is 2.54. The smallest absolute Gasteiger partial charge is 0.0587 e. The molecule has 20 heavy (non-hydrogen) atoms. The first kappa shape index (κ1) is 12.9. The highest BCUT2D eigenvalue weighted by molar-refractivity contribution is 5.08. The summed E-state index contributed by atoms with van der Waals surface area (Å²) in [6, 6.07) is 0.537.